The van der Waals surface area contributed by atoms with Gasteiger partial charge in [-0.05, 0) is 73.0 Å². The molecule has 192 valence electrons. The first-order chi connectivity index (χ1) is 17.3. The Morgan fingerprint density at radius 3 is 2.56 bits per heavy atom. The van der Waals surface area contributed by atoms with E-state index in [0.29, 0.717) is 29.5 Å². The lowest BCUT2D eigenvalue weighted by Crippen LogP contribution is -2.30. The molecule has 36 heavy (non-hydrogen) atoms. The van der Waals surface area contributed by atoms with Gasteiger partial charge in [0.2, 0.25) is 5.88 Å². The van der Waals surface area contributed by atoms with Crippen molar-refractivity contribution in [1.82, 2.24) is 10.3 Å². The molecule has 3 aromatic rings. The van der Waals surface area contributed by atoms with E-state index in [1.54, 1.807) is 31.2 Å². The molecule has 1 unspecified atom stereocenters. The molecule has 8 nitrogen and oxygen atoms in total. The number of nitrogens with zero attached hydrogens (tertiary/aromatic N) is 1. The first-order valence-corrected chi connectivity index (χ1v) is 13.8. The predicted octanol–water partition coefficient (Wildman–Crippen LogP) is 3.61. The molecule has 0 aliphatic carbocycles. The Labute approximate surface area is 211 Å². The number of aliphatic hydroxyl groups excluding tert-OH is 1. The van der Waals surface area contributed by atoms with Gasteiger partial charge in [-0.2, -0.15) is 0 Å². The predicted molar refractivity (Wildman–Crippen MR) is 137 cm³/mol. The summed E-state index contributed by atoms with van der Waals surface area (Å²) in [6.45, 7) is 5.23. The fourth-order valence-electron chi connectivity index (χ4n) is 4.27. The van der Waals surface area contributed by atoms with E-state index in [2.05, 4.69) is 10.3 Å². The van der Waals surface area contributed by atoms with Crippen molar-refractivity contribution in [2.45, 2.75) is 37.6 Å². The molecule has 2 heterocycles. The van der Waals surface area contributed by atoms with Crippen LogP contribution in [0.3, 0.4) is 0 Å². The highest BCUT2D eigenvalue weighted by molar-refractivity contribution is 7.91. The standard InChI is InChI=1S/C27H32N2O6S/c1-3-36(32,33)23-7-4-20(5-8-23)25(16-30)29-26(31)21-6-9-24-22(15-21)14-18(2)28-27(24)35-17-19-10-12-34-13-11-19/h4-9,14-15,19,25,30H,3,10-13,16-17H2,1-2H3,(H,29,31). The third-order valence-electron chi connectivity index (χ3n) is 6.49. The molecule has 1 aromatic heterocycles. The first kappa shape index (κ1) is 26.1. The largest absolute Gasteiger partial charge is 0.477 e. The van der Waals surface area contributed by atoms with E-state index in [4.69, 9.17) is 9.47 Å². The number of nitrogens with one attached hydrogen (secondary N) is 1. The maximum atomic E-state index is 13.0. The van der Waals surface area contributed by atoms with Crippen LogP contribution < -0.4 is 10.1 Å². The third kappa shape index (κ3) is 6.03. The van der Waals surface area contributed by atoms with Crippen LogP contribution in [0.25, 0.3) is 10.8 Å². The Balaban J connectivity index is 1.50. The van der Waals surface area contributed by atoms with Gasteiger partial charge in [0.15, 0.2) is 9.84 Å². The summed E-state index contributed by atoms with van der Waals surface area (Å²) in [5.74, 6) is 0.651. The number of carbonyl (C=O) groups is 1. The molecule has 1 atom stereocenters. The maximum Gasteiger partial charge on any atom is 0.251 e. The summed E-state index contributed by atoms with van der Waals surface area (Å²) in [5.41, 5.74) is 1.84. The topological polar surface area (TPSA) is 115 Å². The zero-order chi connectivity index (χ0) is 25.7. The van der Waals surface area contributed by atoms with Crippen LogP contribution in [0.5, 0.6) is 5.88 Å². The number of rotatable bonds is 9. The Kier molecular flexibility index (Phi) is 8.23. The molecule has 9 heteroatoms. The average molecular weight is 513 g/mol. The molecular formula is C27H32N2O6S. The summed E-state index contributed by atoms with van der Waals surface area (Å²) < 4.78 is 35.6. The van der Waals surface area contributed by atoms with Crippen LogP contribution in [0.15, 0.2) is 53.4 Å². The second-order valence-corrected chi connectivity index (χ2v) is 11.3. The SMILES string of the molecule is CCS(=O)(=O)c1ccc(C(CO)NC(=O)c2ccc3c(OCC4CCOCC4)nc(C)cc3c2)cc1. The fourth-order valence-corrected chi connectivity index (χ4v) is 5.15. The average Bonchev–Trinajstić information content (AvgIpc) is 2.90. The second-order valence-electron chi connectivity index (χ2n) is 9.05. The van der Waals surface area contributed by atoms with E-state index in [9.17, 15) is 18.3 Å². The van der Waals surface area contributed by atoms with Crippen LogP contribution in [0.4, 0.5) is 0 Å². The van der Waals surface area contributed by atoms with E-state index < -0.39 is 15.9 Å². The Bertz CT molecular complexity index is 1320. The highest BCUT2D eigenvalue weighted by Gasteiger charge is 2.19. The molecule has 1 aliphatic heterocycles. The number of carbonyl (C=O) groups excluding carboxylic acids is 1. The molecule has 1 fully saturated rings. The van der Waals surface area contributed by atoms with Crippen LogP contribution in [-0.2, 0) is 14.6 Å². The summed E-state index contributed by atoms with van der Waals surface area (Å²) in [5, 5.41) is 14.4. The monoisotopic (exact) mass is 512 g/mol. The zero-order valence-corrected chi connectivity index (χ0v) is 21.4. The Hall–Kier alpha value is -3.01. The van der Waals surface area contributed by atoms with E-state index in [1.165, 1.54) is 12.1 Å². The summed E-state index contributed by atoms with van der Waals surface area (Å²) in [7, 11) is -3.32. The lowest BCUT2D eigenvalue weighted by atomic mass is 10.0. The van der Waals surface area contributed by atoms with Crippen molar-refractivity contribution in [3.63, 3.8) is 0 Å². The quantitative estimate of drug-likeness (QED) is 0.450. The fraction of sp³-hybridized carbons (Fsp3) is 0.407. The van der Waals surface area contributed by atoms with Crippen molar-refractivity contribution in [2.75, 3.05) is 32.2 Å². The van der Waals surface area contributed by atoms with Crippen molar-refractivity contribution in [3.8, 4) is 5.88 Å². The van der Waals surface area contributed by atoms with E-state index >= 15 is 0 Å². The summed E-state index contributed by atoms with van der Waals surface area (Å²) >= 11 is 0. The van der Waals surface area contributed by atoms with Gasteiger partial charge in [0, 0.05) is 29.9 Å². The normalized spacial score (nSPS) is 15.5. The number of pyridine rings is 1. The molecule has 1 aliphatic rings. The zero-order valence-electron chi connectivity index (χ0n) is 20.6. The van der Waals surface area contributed by atoms with Crippen molar-refractivity contribution < 1.29 is 27.8 Å². The highest BCUT2D eigenvalue weighted by Crippen LogP contribution is 2.27. The number of sulfone groups is 1. The van der Waals surface area contributed by atoms with Crippen molar-refractivity contribution in [1.29, 1.82) is 0 Å². The minimum atomic E-state index is -3.32. The van der Waals surface area contributed by atoms with Crippen LogP contribution >= 0.6 is 0 Å². The molecular weight excluding hydrogens is 480 g/mol. The number of amides is 1. The molecule has 0 radical (unpaired) electrons. The molecule has 4 rings (SSSR count). The van der Waals surface area contributed by atoms with Crippen LogP contribution in [0.1, 0.15) is 47.4 Å². The van der Waals surface area contributed by atoms with Gasteiger partial charge >= 0.3 is 0 Å². The lowest BCUT2D eigenvalue weighted by molar-refractivity contribution is 0.0493. The van der Waals surface area contributed by atoms with Gasteiger partial charge in [0.25, 0.3) is 5.91 Å². The number of hydrogen-bond acceptors (Lipinski definition) is 7. The number of aliphatic hydroxyl groups is 1. The van der Waals surface area contributed by atoms with E-state index in [-0.39, 0.29) is 23.2 Å². The molecule has 1 saturated heterocycles. The minimum absolute atomic E-state index is 0.00572. The molecule has 0 spiro atoms. The van der Waals surface area contributed by atoms with Crippen molar-refractivity contribution >= 4 is 26.5 Å². The highest BCUT2D eigenvalue weighted by atomic mass is 32.2. The smallest absolute Gasteiger partial charge is 0.251 e. The number of fused-ring (bicyclic) bond motifs is 1. The van der Waals surface area contributed by atoms with Gasteiger partial charge in [-0.1, -0.05) is 19.1 Å². The number of aryl methyl sites for hydroxylation is 1. The Morgan fingerprint density at radius 2 is 1.89 bits per heavy atom. The van der Waals surface area contributed by atoms with Gasteiger partial charge in [0.05, 0.1) is 29.9 Å². The van der Waals surface area contributed by atoms with Crippen molar-refractivity contribution in [3.05, 3.63) is 65.4 Å². The van der Waals surface area contributed by atoms with Gasteiger partial charge in [-0.25, -0.2) is 13.4 Å². The molecule has 2 N–H and O–H groups in total. The molecule has 0 saturated carbocycles. The van der Waals surface area contributed by atoms with Gasteiger partial charge in [-0.3, -0.25) is 4.79 Å². The van der Waals surface area contributed by atoms with E-state index in [1.807, 2.05) is 19.1 Å². The molecule has 1 amide bonds. The van der Waals surface area contributed by atoms with Gasteiger partial charge in [-0.15, -0.1) is 0 Å². The lowest BCUT2D eigenvalue weighted by Gasteiger charge is -2.22. The summed E-state index contributed by atoms with van der Waals surface area (Å²) in [6.07, 6.45) is 1.94. The first-order valence-electron chi connectivity index (χ1n) is 12.2. The van der Waals surface area contributed by atoms with Crippen LogP contribution in [0.2, 0.25) is 0 Å². The molecule has 0 bridgehead atoms. The van der Waals surface area contributed by atoms with E-state index in [0.717, 1.165) is 42.5 Å². The minimum Gasteiger partial charge on any atom is -0.477 e. The number of aromatic nitrogens is 1. The number of hydrogen-bond donors (Lipinski definition) is 2. The summed E-state index contributed by atoms with van der Waals surface area (Å²) in [6, 6.07) is 12.8. The van der Waals surface area contributed by atoms with Gasteiger partial charge < -0.3 is 19.9 Å². The number of benzene rings is 2. The molecule has 2 aromatic carbocycles. The third-order valence-corrected chi connectivity index (χ3v) is 8.24. The van der Waals surface area contributed by atoms with Crippen LogP contribution in [-0.4, -0.2) is 56.6 Å². The second kappa shape index (κ2) is 11.4. The van der Waals surface area contributed by atoms with Crippen LogP contribution in [0, 0.1) is 12.8 Å². The number of ether oxygens (including phenoxy) is 2. The Morgan fingerprint density at radius 1 is 1.17 bits per heavy atom. The summed E-state index contributed by atoms with van der Waals surface area (Å²) in [4.78, 5) is 17.8. The van der Waals surface area contributed by atoms with Gasteiger partial charge in [0.1, 0.15) is 0 Å². The van der Waals surface area contributed by atoms with Crippen molar-refractivity contribution in [2.24, 2.45) is 5.92 Å². The maximum absolute atomic E-state index is 13.0.